The molecule has 0 saturated carbocycles. The lowest BCUT2D eigenvalue weighted by atomic mass is 10.1. The monoisotopic (exact) mass is 375 g/mol. The van der Waals surface area contributed by atoms with Gasteiger partial charge in [-0.1, -0.05) is 35.5 Å². The molecule has 0 aliphatic rings. The van der Waals surface area contributed by atoms with Gasteiger partial charge in [-0.25, -0.2) is 0 Å². The topological polar surface area (TPSA) is 84.2 Å². The first-order chi connectivity index (χ1) is 12.8. The number of amides is 2. The molecule has 3 aromatic rings. The molecule has 0 fully saturated rings. The Morgan fingerprint density at radius 1 is 0.889 bits per heavy atom. The van der Waals surface area contributed by atoms with Crippen LogP contribution < -0.4 is 10.6 Å². The van der Waals surface area contributed by atoms with Crippen LogP contribution in [0.5, 0.6) is 0 Å². The molecule has 27 heavy (non-hydrogen) atoms. The van der Waals surface area contributed by atoms with Crippen molar-refractivity contribution in [1.82, 2.24) is 5.16 Å². The van der Waals surface area contributed by atoms with E-state index in [-0.39, 0.29) is 11.4 Å². The Balaban J connectivity index is 1.65. The van der Waals surface area contributed by atoms with Crippen molar-refractivity contribution in [1.29, 1.82) is 0 Å². The van der Waals surface area contributed by atoms with Crippen LogP contribution in [0.15, 0.2) is 65.2 Å². The van der Waals surface area contributed by atoms with Crippen LogP contribution in [-0.2, 0) is 4.79 Å². The first-order valence-corrected chi connectivity index (χ1v) is 7.64. The fourth-order valence-corrected chi connectivity index (χ4v) is 2.15. The van der Waals surface area contributed by atoms with E-state index in [1.807, 2.05) is 18.2 Å². The Kier molecular flexibility index (Phi) is 4.93. The highest BCUT2D eigenvalue weighted by molar-refractivity contribution is 6.03. The number of hydrogen-bond acceptors (Lipinski definition) is 4. The van der Waals surface area contributed by atoms with Crippen molar-refractivity contribution in [2.24, 2.45) is 0 Å². The molecule has 0 aliphatic carbocycles. The number of hydrogen-bond donors (Lipinski definition) is 2. The quantitative estimate of drug-likeness (QED) is 0.719. The molecule has 2 aromatic carbocycles. The van der Waals surface area contributed by atoms with Crippen molar-refractivity contribution in [3.05, 3.63) is 66.4 Å². The molecule has 0 saturated heterocycles. The third kappa shape index (κ3) is 4.51. The maximum atomic E-state index is 12.2. The lowest BCUT2D eigenvalue weighted by Crippen LogP contribution is -2.29. The summed E-state index contributed by atoms with van der Waals surface area (Å²) in [5.74, 6) is -2.20. The second kappa shape index (κ2) is 7.32. The van der Waals surface area contributed by atoms with E-state index in [0.717, 1.165) is 5.56 Å². The molecule has 0 unspecified atom stereocenters. The predicted octanol–water partition coefficient (Wildman–Crippen LogP) is 4.09. The maximum absolute atomic E-state index is 12.2. The van der Waals surface area contributed by atoms with Crippen LogP contribution in [0.1, 0.15) is 10.5 Å². The first-order valence-electron chi connectivity index (χ1n) is 7.64. The van der Waals surface area contributed by atoms with E-state index in [4.69, 9.17) is 4.52 Å². The minimum Gasteiger partial charge on any atom is -0.355 e. The number of anilines is 2. The number of rotatable bonds is 4. The lowest BCUT2D eigenvalue weighted by molar-refractivity contribution is -0.167. The molecule has 2 amide bonds. The minimum atomic E-state index is -4.98. The van der Waals surface area contributed by atoms with Crippen LogP contribution in [-0.4, -0.2) is 23.1 Å². The summed E-state index contributed by atoms with van der Waals surface area (Å²) in [6.45, 7) is 0. The zero-order valence-electron chi connectivity index (χ0n) is 13.6. The van der Waals surface area contributed by atoms with E-state index in [1.165, 1.54) is 30.3 Å². The van der Waals surface area contributed by atoms with Crippen molar-refractivity contribution in [3.8, 4) is 11.3 Å². The van der Waals surface area contributed by atoms with Gasteiger partial charge in [0, 0.05) is 23.0 Å². The molecule has 1 heterocycles. The summed E-state index contributed by atoms with van der Waals surface area (Å²) in [6.07, 6.45) is -4.98. The average molecular weight is 375 g/mol. The summed E-state index contributed by atoms with van der Waals surface area (Å²) in [4.78, 5) is 23.1. The van der Waals surface area contributed by atoms with E-state index in [0.29, 0.717) is 11.4 Å². The number of alkyl halides is 3. The van der Waals surface area contributed by atoms with E-state index in [9.17, 15) is 22.8 Å². The van der Waals surface area contributed by atoms with Crippen molar-refractivity contribution >= 4 is 23.2 Å². The summed E-state index contributed by atoms with van der Waals surface area (Å²) in [7, 11) is 0. The normalized spacial score (nSPS) is 11.1. The van der Waals surface area contributed by atoms with Gasteiger partial charge in [0.1, 0.15) is 0 Å². The van der Waals surface area contributed by atoms with Gasteiger partial charge in [0.2, 0.25) is 0 Å². The molecule has 138 valence electrons. The molecule has 2 N–H and O–H groups in total. The fourth-order valence-electron chi connectivity index (χ4n) is 2.15. The van der Waals surface area contributed by atoms with Gasteiger partial charge in [0.05, 0.1) is 0 Å². The van der Waals surface area contributed by atoms with Gasteiger partial charge >= 0.3 is 12.1 Å². The summed E-state index contributed by atoms with van der Waals surface area (Å²) in [5, 5.41) is 7.95. The van der Waals surface area contributed by atoms with Gasteiger partial charge in [-0.2, -0.15) is 13.2 Å². The molecule has 1 aromatic heterocycles. The number of carbonyl (C=O) groups excluding carboxylic acids is 2. The summed E-state index contributed by atoms with van der Waals surface area (Å²) < 4.78 is 41.8. The van der Waals surface area contributed by atoms with Crippen LogP contribution in [0, 0.1) is 0 Å². The Morgan fingerprint density at radius 2 is 1.48 bits per heavy atom. The standard InChI is InChI=1S/C18H12F3N3O3/c19-18(20,21)17(26)23-13-8-6-12(7-9-13)22-16(25)14-10-15(27-24-14)11-4-2-1-3-5-11/h1-10H,(H,22,25)(H,23,26). The Hall–Kier alpha value is -3.62. The van der Waals surface area contributed by atoms with Gasteiger partial charge in [-0.3, -0.25) is 9.59 Å². The minimum absolute atomic E-state index is 0.0447. The highest BCUT2D eigenvalue weighted by atomic mass is 19.4. The summed E-state index contributed by atoms with van der Waals surface area (Å²) in [5.41, 5.74) is 1.06. The average Bonchev–Trinajstić information content (AvgIpc) is 3.13. The highest BCUT2D eigenvalue weighted by Gasteiger charge is 2.38. The zero-order valence-corrected chi connectivity index (χ0v) is 13.6. The van der Waals surface area contributed by atoms with E-state index >= 15 is 0 Å². The predicted molar refractivity (Wildman–Crippen MR) is 91.0 cm³/mol. The number of nitrogens with zero attached hydrogens (tertiary/aromatic N) is 1. The first kappa shape index (κ1) is 18.2. The number of carbonyl (C=O) groups is 2. The second-order valence-corrected chi connectivity index (χ2v) is 5.43. The summed E-state index contributed by atoms with van der Waals surface area (Å²) >= 11 is 0. The van der Waals surface area contributed by atoms with Crippen LogP contribution in [0.2, 0.25) is 0 Å². The molecule has 0 radical (unpaired) electrons. The number of halogens is 3. The number of aromatic nitrogens is 1. The van der Waals surface area contributed by atoms with Crippen molar-refractivity contribution in [2.75, 3.05) is 10.6 Å². The SMILES string of the molecule is O=C(Nc1ccc(NC(=O)C(F)(F)F)cc1)c1cc(-c2ccccc2)on1. The smallest absolute Gasteiger partial charge is 0.355 e. The Morgan fingerprint density at radius 3 is 2.07 bits per heavy atom. The zero-order chi connectivity index (χ0) is 19.4. The van der Waals surface area contributed by atoms with Crippen LogP contribution in [0.3, 0.4) is 0 Å². The number of nitrogens with one attached hydrogen (secondary N) is 2. The maximum Gasteiger partial charge on any atom is 0.471 e. The van der Waals surface area contributed by atoms with E-state index in [1.54, 1.807) is 17.4 Å². The van der Waals surface area contributed by atoms with Gasteiger partial charge < -0.3 is 15.2 Å². The van der Waals surface area contributed by atoms with Gasteiger partial charge in [0.15, 0.2) is 11.5 Å². The number of benzene rings is 2. The highest BCUT2D eigenvalue weighted by Crippen LogP contribution is 2.22. The molecule has 0 spiro atoms. The molecular weight excluding hydrogens is 363 g/mol. The van der Waals surface area contributed by atoms with Gasteiger partial charge in [0.25, 0.3) is 5.91 Å². The Labute approximate surface area is 151 Å². The third-order valence-corrected chi connectivity index (χ3v) is 3.46. The van der Waals surface area contributed by atoms with Crippen LogP contribution in [0.25, 0.3) is 11.3 Å². The fraction of sp³-hybridized carbons (Fsp3) is 0.0556. The molecular formula is C18H12F3N3O3. The molecule has 0 bridgehead atoms. The molecule has 3 rings (SSSR count). The van der Waals surface area contributed by atoms with E-state index in [2.05, 4.69) is 10.5 Å². The molecule has 0 aliphatic heterocycles. The molecule has 6 nitrogen and oxygen atoms in total. The molecule has 9 heteroatoms. The van der Waals surface area contributed by atoms with Gasteiger partial charge in [-0.05, 0) is 24.3 Å². The second-order valence-electron chi connectivity index (χ2n) is 5.43. The third-order valence-electron chi connectivity index (χ3n) is 3.46. The summed E-state index contributed by atoms with van der Waals surface area (Å²) in [6, 6.07) is 15.7. The van der Waals surface area contributed by atoms with Crippen molar-refractivity contribution < 1.29 is 27.3 Å². The van der Waals surface area contributed by atoms with E-state index < -0.39 is 18.0 Å². The van der Waals surface area contributed by atoms with Crippen LogP contribution in [0.4, 0.5) is 24.5 Å². The lowest BCUT2D eigenvalue weighted by Gasteiger charge is -2.08. The van der Waals surface area contributed by atoms with Crippen molar-refractivity contribution in [2.45, 2.75) is 6.18 Å². The van der Waals surface area contributed by atoms with Crippen LogP contribution >= 0.6 is 0 Å². The Bertz CT molecular complexity index is 951. The van der Waals surface area contributed by atoms with Gasteiger partial charge in [-0.15, -0.1) is 0 Å². The van der Waals surface area contributed by atoms with Crippen molar-refractivity contribution in [3.63, 3.8) is 0 Å². The largest absolute Gasteiger partial charge is 0.471 e. The molecule has 0 atom stereocenters.